The summed E-state index contributed by atoms with van der Waals surface area (Å²) in [4.78, 5) is 0. The third-order valence-electron chi connectivity index (χ3n) is 1.59. The van der Waals surface area contributed by atoms with Crippen molar-refractivity contribution in [2.75, 3.05) is 13.2 Å². The van der Waals surface area contributed by atoms with E-state index in [0.717, 1.165) is 13.4 Å². The number of halogens is 3. The molecule has 3 nitrogen and oxygen atoms in total. The van der Waals surface area contributed by atoms with Crippen LogP contribution in [0.25, 0.3) is 0 Å². The molecule has 2 N–H and O–H groups in total. The van der Waals surface area contributed by atoms with Gasteiger partial charge in [-0.25, -0.2) is 0 Å². The summed E-state index contributed by atoms with van der Waals surface area (Å²) in [6.45, 7) is -0.263. The molecule has 0 unspecified atom stereocenters. The lowest BCUT2D eigenvalue weighted by molar-refractivity contribution is 0.0531. The van der Waals surface area contributed by atoms with Crippen LogP contribution in [-0.4, -0.2) is 29.5 Å². The van der Waals surface area contributed by atoms with E-state index in [4.69, 9.17) is 14.9 Å². The molecular weight excluding hydrogens is 396 g/mol. The molecule has 0 bridgehead atoms. The molecule has 0 aliphatic rings. The van der Waals surface area contributed by atoms with Crippen molar-refractivity contribution in [1.29, 1.82) is 0 Å². The standard InChI is InChI=1S/C9H9Br3O3/c10-5-1-7(11)9(8(12)2-5)15-4-6(14)3-13/h1-2,6,13-14H,3-4H2/t6-/m0/s1. The second-order valence-electron chi connectivity index (χ2n) is 2.85. The molecule has 1 atom stereocenters. The fourth-order valence-corrected chi connectivity index (χ4v) is 3.39. The van der Waals surface area contributed by atoms with Crippen molar-refractivity contribution >= 4 is 47.8 Å². The maximum atomic E-state index is 9.14. The summed E-state index contributed by atoms with van der Waals surface area (Å²) in [5.41, 5.74) is 0. The topological polar surface area (TPSA) is 49.7 Å². The molecule has 0 aromatic heterocycles. The van der Waals surface area contributed by atoms with Crippen LogP contribution >= 0.6 is 47.8 Å². The van der Waals surface area contributed by atoms with Gasteiger partial charge in [-0.1, -0.05) is 15.9 Å². The van der Waals surface area contributed by atoms with Crippen molar-refractivity contribution in [3.63, 3.8) is 0 Å². The number of aliphatic hydroxyl groups excluding tert-OH is 2. The summed E-state index contributed by atoms with van der Waals surface area (Å²) in [5, 5.41) is 17.8. The Morgan fingerprint density at radius 2 is 1.73 bits per heavy atom. The van der Waals surface area contributed by atoms with Crippen LogP contribution in [0.1, 0.15) is 0 Å². The van der Waals surface area contributed by atoms with E-state index in [1.165, 1.54) is 0 Å². The van der Waals surface area contributed by atoms with E-state index in [-0.39, 0.29) is 13.2 Å². The monoisotopic (exact) mass is 402 g/mol. The lowest BCUT2D eigenvalue weighted by Gasteiger charge is -2.13. The Hall–Kier alpha value is 0.380. The molecule has 1 aromatic carbocycles. The van der Waals surface area contributed by atoms with Crippen LogP contribution in [-0.2, 0) is 0 Å². The van der Waals surface area contributed by atoms with Crippen LogP contribution in [0.2, 0.25) is 0 Å². The van der Waals surface area contributed by atoms with Gasteiger partial charge < -0.3 is 14.9 Å². The van der Waals surface area contributed by atoms with Gasteiger partial charge in [-0.05, 0) is 44.0 Å². The highest BCUT2D eigenvalue weighted by Gasteiger charge is 2.10. The zero-order chi connectivity index (χ0) is 11.4. The molecule has 0 saturated carbocycles. The average Bonchev–Trinajstić information content (AvgIpc) is 2.15. The lowest BCUT2D eigenvalue weighted by Crippen LogP contribution is -2.21. The minimum absolute atomic E-state index is 0.0509. The Morgan fingerprint density at radius 3 is 2.20 bits per heavy atom. The molecule has 0 heterocycles. The third-order valence-corrected chi connectivity index (χ3v) is 3.23. The Kier molecular flexibility index (Phi) is 5.56. The van der Waals surface area contributed by atoms with E-state index in [0.29, 0.717) is 5.75 Å². The Morgan fingerprint density at radius 1 is 1.20 bits per heavy atom. The highest BCUT2D eigenvalue weighted by Crippen LogP contribution is 2.36. The van der Waals surface area contributed by atoms with Gasteiger partial charge in [0.2, 0.25) is 0 Å². The van der Waals surface area contributed by atoms with Gasteiger partial charge >= 0.3 is 0 Å². The average molecular weight is 405 g/mol. The molecule has 0 fully saturated rings. The molecule has 0 radical (unpaired) electrons. The predicted octanol–water partition coefficient (Wildman–Crippen LogP) is 2.71. The SMILES string of the molecule is OC[C@H](O)COc1c(Br)cc(Br)cc1Br. The first-order chi connectivity index (χ1) is 7.04. The first-order valence-corrected chi connectivity index (χ1v) is 6.48. The van der Waals surface area contributed by atoms with Gasteiger partial charge in [-0.2, -0.15) is 0 Å². The van der Waals surface area contributed by atoms with Gasteiger partial charge in [0, 0.05) is 4.47 Å². The van der Waals surface area contributed by atoms with Gasteiger partial charge in [0.25, 0.3) is 0 Å². The molecule has 0 aliphatic heterocycles. The zero-order valence-electron chi connectivity index (χ0n) is 7.58. The first kappa shape index (κ1) is 13.4. The fourth-order valence-electron chi connectivity index (χ4n) is 0.899. The van der Waals surface area contributed by atoms with Gasteiger partial charge in [0.05, 0.1) is 15.6 Å². The molecule has 84 valence electrons. The zero-order valence-corrected chi connectivity index (χ0v) is 12.3. The van der Waals surface area contributed by atoms with Crippen molar-refractivity contribution in [3.8, 4) is 5.75 Å². The summed E-state index contributed by atoms with van der Waals surface area (Å²) < 4.78 is 7.81. The molecule has 0 saturated heterocycles. The smallest absolute Gasteiger partial charge is 0.147 e. The van der Waals surface area contributed by atoms with E-state index in [2.05, 4.69) is 47.8 Å². The highest BCUT2D eigenvalue weighted by atomic mass is 79.9. The number of aliphatic hydroxyl groups is 2. The second-order valence-corrected chi connectivity index (χ2v) is 5.47. The molecule has 1 aromatic rings. The van der Waals surface area contributed by atoms with Crippen molar-refractivity contribution in [2.45, 2.75) is 6.10 Å². The number of benzene rings is 1. The van der Waals surface area contributed by atoms with Crippen LogP contribution < -0.4 is 4.74 Å². The maximum Gasteiger partial charge on any atom is 0.147 e. The van der Waals surface area contributed by atoms with Crippen LogP contribution in [0.4, 0.5) is 0 Å². The van der Waals surface area contributed by atoms with Gasteiger partial charge in [0.15, 0.2) is 0 Å². The number of hydrogen-bond donors (Lipinski definition) is 2. The maximum absolute atomic E-state index is 9.14. The molecule has 0 amide bonds. The Bertz CT molecular complexity index is 320. The van der Waals surface area contributed by atoms with Crippen LogP contribution in [0, 0.1) is 0 Å². The van der Waals surface area contributed by atoms with Crippen LogP contribution in [0.15, 0.2) is 25.6 Å². The minimum atomic E-state index is -0.868. The molecule has 6 heteroatoms. The van der Waals surface area contributed by atoms with E-state index >= 15 is 0 Å². The van der Waals surface area contributed by atoms with Gasteiger partial charge in [-0.15, -0.1) is 0 Å². The Balaban J connectivity index is 2.77. The summed E-state index contributed by atoms with van der Waals surface area (Å²) in [6.07, 6.45) is -0.868. The molecule has 0 aliphatic carbocycles. The number of rotatable bonds is 4. The van der Waals surface area contributed by atoms with E-state index in [1.54, 1.807) is 0 Å². The highest BCUT2D eigenvalue weighted by molar-refractivity contribution is 9.11. The minimum Gasteiger partial charge on any atom is -0.488 e. The third kappa shape index (κ3) is 4.03. The van der Waals surface area contributed by atoms with Crippen molar-refractivity contribution in [3.05, 3.63) is 25.6 Å². The normalized spacial score (nSPS) is 12.6. The first-order valence-electron chi connectivity index (χ1n) is 4.11. The second kappa shape index (κ2) is 6.20. The van der Waals surface area contributed by atoms with Crippen molar-refractivity contribution < 1.29 is 14.9 Å². The summed E-state index contributed by atoms with van der Waals surface area (Å²) in [5.74, 6) is 0.603. The van der Waals surface area contributed by atoms with E-state index in [9.17, 15) is 0 Å². The van der Waals surface area contributed by atoms with Gasteiger partial charge in [0.1, 0.15) is 18.5 Å². The fraction of sp³-hybridized carbons (Fsp3) is 0.333. The van der Waals surface area contributed by atoms with Gasteiger partial charge in [-0.3, -0.25) is 0 Å². The number of ether oxygens (including phenoxy) is 1. The summed E-state index contributed by atoms with van der Waals surface area (Å²) >= 11 is 10.0. The van der Waals surface area contributed by atoms with E-state index < -0.39 is 6.10 Å². The molecule has 0 spiro atoms. The molecule has 15 heavy (non-hydrogen) atoms. The van der Waals surface area contributed by atoms with Crippen LogP contribution in [0.5, 0.6) is 5.75 Å². The van der Waals surface area contributed by atoms with Crippen LogP contribution in [0.3, 0.4) is 0 Å². The van der Waals surface area contributed by atoms with Crippen molar-refractivity contribution in [2.24, 2.45) is 0 Å². The van der Waals surface area contributed by atoms with Crippen molar-refractivity contribution in [1.82, 2.24) is 0 Å². The van der Waals surface area contributed by atoms with E-state index in [1.807, 2.05) is 12.1 Å². The largest absolute Gasteiger partial charge is 0.488 e. The quantitative estimate of drug-likeness (QED) is 0.811. The number of hydrogen-bond acceptors (Lipinski definition) is 3. The summed E-state index contributed by atoms with van der Waals surface area (Å²) in [6, 6.07) is 3.68. The molecular formula is C9H9Br3O3. The summed E-state index contributed by atoms with van der Waals surface area (Å²) in [7, 11) is 0. The lowest BCUT2D eigenvalue weighted by atomic mass is 10.3. The predicted molar refractivity (Wildman–Crippen MR) is 68.1 cm³/mol. The Labute approximate surface area is 113 Å². The molecule has 1 rings (SSSR count).